The van der Waals surface area contributed by atoms with E-state index < -0.39 is 39.2 Å². The molecule has 2 aromatic rings. The second-order valence-corrected chi connectivity index (χ2v) is 8.01. The highest BCUT2D eigenvalue weighted by Crippen LogP contribution is 2.21. The molecule has 0 radical (unpaired) electrons. The molecule has 0 bridgehead atoms. The van der Waals surface area contributed by atoms with Crippen LogP contribution in [0.3, 0.4) is 0 Å². The average molecular weight is 432 g/mol. The van der Waals surface area contributed by atoms with Crippen LogP contribution in [0.2, 0.25) is 0 Å². The topological polar surface area (TPSA) is 156 Å². The summed E-state index contributed by atoms with van der Waals surface area (Å²) >= 11 is 0. The average Bonchev–Trinajstić information content (AvgIpc) is 2.96. The summed E-state index contributed by atoms with van der Waals surface area (Å²) in [4.78, 5) is 47.1. The van der Waals surface area contributed by atoms with Crippen molar-refractivity contribution in [3.63, 3.8) is 0 Å². The minimum Gasteiger partial charge on any atom is -0.353 e. The number of rotatable bonds is 8. The molecule has 0 saturated carbocycles. The van der Waals surface area contributed by atoms with E-state index in [4.69, 9.17) is 0 Å². The molecule has 2 N–H and O–H groups in total. The van der Waals surface area contributed by atoms with E-state index in [1.807, 2.05) is 0 Å². The van der Waals surface area contributed by atoms with Gasteiger partial charge in [-0.15, -0.1) is 0 Å². The normalized spacial score (nSPS) is 13.3. The van der Waals surface area contributed by atoms with Gasteiger partial charge in [0.25, 0.3) is 17.5 Å². The summed E-state index contributed by atoms with van der Waals surface area (Å²) in [7, 11) is -3.92. The van der Waals surface area contributed by atoms with Crippen molar-refractivity contribution in [1.82, 2.24) is 14.9 Å². The van der Waals surface area contributed by atoms with Crippen LogP contribution in [0.25, 0.3) is 0 Å². The fraction of sp³-hybridized carbons (Fsp3) is 0.167. The molecule has 3 rings (SSSR count). The van der Waals surface area contributed by atoms with Gasteiger partial charge in [0.15, 0.2) is 0 Å². The number of carbonyl (C=O) groups is 3. The van der Waals surface area contributed by atoms with Crippen LogP contribution in [-0.2, 0) is 14.8 Å². The maximum Gasteiger partial charge on any atom is 0.269 e. The van der Waals surface area contributed by atoms with Crippen molar-refractivity contribution in [1.29, 1.82) is 0 Å². The summed E-state index contributed by atoms with van der Waals surface area (Å²) in [6.45, 7) is -0.733. The van der Waals surface area contributed by atoms with Gasteiger partial charge in [0.05, 0.1) is 20.9 Å². The van der Waals surface area contributed by atoms with Crippen molar-refractivity contribution in [2.45, 2.75) is 4.90 Å². The molecule has 1 aliphatic rings. The molecule has 1 heterocycles. The lowest BCUT2D eigenvalue weighted by Gasteiger charge is -2.13. The molecule has 0 atom stereocenters. The second-order valence-electron chi connectivity index (χ2n) is 6.24. The molecule has 0 unspecified atom stereocenters. The van der Waals surface area contributed by atoms with Gasteiger partial charge in [0.2, 0.25) is 15.9 Å². The van der Waals surface area contributed by atoms with E-state index >= 15 is 0 Å². The Kier molecular flexibility index (Phi) is 5.89. The van der Waals surface area contributed by atoms with Crippen molar-refractivity contribution >= 4 is 33.4 Å². The Morgan fingerprint density at radius 1 is 0.967 bits per heavy atom. The number of nitro groups is 1. The van der Waals surface area contributed by atoms with Crippen LogP contribution in [0.5, 0.6) is 0 Å². The highest BCUT2D eigenvalue weighted by atomic mass is 32.2. The molecular formula is C18H16N4O7S. The van der Waals surface area contributed by atoms with Crippen LogP contribution in [0, 0.1) is 10.1 Å². The van der Waals surface area contributed by atoms with Crippen LogP contribution in [0.1, 0.15) is 20.7 Å². The number of nitrogens with one attached hydrogen (secondary N) is 2. The summed E-state index contributed by atoms with van der Waals surface area (Å²) in [5.41, 5.74) is 0.215. The fourth-order valence-corrected chi connectivity index (χ4v) is 3.83. The molecular weight excluding hydrogens is 416 g/mol. The van der Waals surface area contributed by atoms with Gasteiger partial charge in [0.1, 0.15) is 6.54 Å². The standard InChI is InChI=1S/C18H16N4O7S/c23-16(11-21-17(24)14-3-1-2-4-15(14)18(21)25)19-9-10-20-30(28,29)13-7-5-12(6-8-13)22(26)27/h1-8,20H,9-11H2,(H,19,23). The van der Waals surface area contributed by atoms with Gasteiger partial charge >= 0.3 is 0 Å². The maximum atomic E-state index is 12.2. The van der Waals surface area contributed by atoms with E-state index in [0.29, 0.717) is 0 Å². The summed E-state index contributed by atoms with van der Waals surface area (Å²) < 4.78 is 26.6. The number of hydrogen-bond donors (Lipinski definition) is 2. The van der Waals surface area contributed by atoms with E-state index in [1.54, 1.807) is 12.1 Å². The van der Waals surface area contributed by atoms with Crippen LogP contribution in [0.4, 0.5) is 5.69 Å². The Morgan fingerprint density at radius 2 is 1.53 bits per heavy atom. The molecule has 0 saturated heterocycles. The number of sulfonamides is 1. The van der Waals surface area contributed by atoms with Gasteiger partial charge in [-0.05, 0) is 24.3 Å². The van der Waals surface area contributed by atoms with Crippen molar-refractivity contribution < 1.29 is 27.7 Å². The Hall–Kier alpha value is -3.64. The van der Waals surface area contributed by atoms with Gasteiger partial charge < -0.3 is 5.32 Å². The fourth-order valence-electron chi connectivity index (χ4n) is 2.80. The summed E-state index contributed by atoms with van der Waals surface area (Å²) in [6, 6.07) is 10.6. The zero-order valence-corrected chi connectivity index (χ0v) is 16.2. The molecule has 12 heteroatoms. The van der Waals surface area contributed by atoms with E-state index in [1.165, 1.54) is 12.1 Å². The van der Waals surface area contributed by atoms with Crippen molar-refractivity contribution in [3.05, 3.63) is 69.8 Å². The lowest BCUT2D eigenvalue weighted by molar-refractivity contribution is -0.384. The quantitative estimate of drug-likeness (QED) is 0.263. The number of imide groups is 1. The van der Waals surface area contributed by atoms with Crippen LogP contribution in [0.15, 0.2) is 53.4 Å². The predicted molar refractivity (Wildman–Crippen MR) is 103 cm³/mol. The van der Waals surface area contributed by atoms with Crippen molar-refractivity contribution in [3.8, 4) is 0 Å². The highest BCUT2D eigenvalue weighted by Gasteiger charge is 2.36. The highest BCUT2D eigenvalue weighted by molar-refractivity contribution is 7.89. The molecule has 0 aliphatic carbocycles. The molecule has 0 spiro atoms. The van der Waals surface area contributed by atoms with Crippen LogP contribution in [-0.4, -0.2) is 55.6 Å². The zero-order chi connectivity index (χ0) is 21.9. The first-order valence-electron chi connectivity index (χ1n) is 8.67. The predicted octanol–water partition coefficient (Wildman–Crippen LogP) is 0.286. The first-order chi connectivity index (χ1) is 14.2. The number of benzene rings is 2. The van der Waals surface area contributed by atoms with Crippen LogP contribution >= 0.6 is 0 Å². The minimum atomic E-state index is -3.92. The molecule has 1 aliphatic heterocycles. The van der Waals surface area contributed by atoms with E-state index in [2.05, 4.69) is 10.0 Å². The minimum absolute atomic E-state index is 0.0891. The van der Waals surface area contributed by atoms with Gasteiger partial charge in [-0.3, -0.25) is 29.4 Å². The third kappa shape index (κ3) is 4.34. The number of fused-ring (bicyclic) bond motifs is 1. The number of non-ortho nitro benzene ring substituents is 1. The molecule has 11 nitrogen and oxygen atoms in total. The molecule has 2 aromatic carbocycles. The SMILES string of the molecule is O=C(CN1C(=O)c2ccccc2C1=O)NCCNS(=O)(=O)c1ccc([N+](=O)[O-])cc1. The Labute approximate surface area is 170 Å². The smallest absolute Gasteiger partial charge is 0.269 e. The molecule has 156 valence electrons. The van der Waals surface area contributed by atoms with Gasteiger partial charge in [-0.2, -0.15) is 0 Å². The van der Waals surface area contributed by atoms with Gasteiger partial charge in [0, 0.05) is 25.2 Å². The molecule has 3 amide bonds. The van der Waals surface area contributed by atoms with Crippen molar-refractivity contribution in [2.75, 3.05) is 19.6 Å². The third-order valence-corrected chi connectivity index (χ3v) is 5.75. The molecule has 30 heavy (non-hydrogen) atoms. The summed E-state index contributed by atoms with van der Waals surface area (Å²) in [6.07, 6.45) is 0. The lowest BCUT2D eigenvalue weighted by atomic mass is 10.1. The summed E-state index contributed by atoms with van der Waals surface area (Å²) in [5, 5.41) is 13.0. The Morgan fingerprint density at radius 3 is 2.07 bits per heavy atom. The number of hydrogen-bond acceptors (Lipinski definition) is 7. The third-order valence-electron chi connectivity index (χ3n) is 4.28. The van der Waals surface area contributed by atoms with Gasteiger partial charge in [-0.1, -0.05) is 12.1 Å². The lowest BCUT2D eigenvalue weighted by Crippen LogP contribution is -2.42. The van der Waals surface area contributed by atoms with E-state index in [0.717, 1.165) is 29.2 Å². The Balaban J connectivity index is 1.49. The first-order valence-corrected chi connectivity index (χ1v) is 10.1. The first kappa shape index (κ1) is 21.1. The largest absolute Gasteiger partial charge is 0.353 e. The Bertz CT molecular complexity index is 1090. The number of carbonyl (C=O) groups excluding carboxylic acids is 3. The number of amides is 3. The number of nitro benzene ring substituents is 1. The maximum absolute atomic E-state index is 12.2. The zero-order valence-electron chi connectivity index (χ0n) is 15.4. The summed E-state index contributed by atoms with van der Waals surface area (Å²) in [5.74, 6) is -1.76. The monoisotopic (exact) mass is 432 g/mol. The van der Waals surface area contributed by atoms with Crippen LogP contribution < -0.4 is 10.0 Å². The van der Waals surface area contributed by atoms with Gasteiger partial charge in [-0.25, -0.2) is 13.1 Å². The van der Waals surface area contributed by atoms with E-state index in [9.17, 15) is 32.9 Å². The number of nitrogens with zero attached hydrogens (tertiary/aromatic N) is 2. The van der Waals surface area contributed by atoms with E-state index in [-0.39, 0.29) is 34.8 Å². The molecule has 0 aromatic heterocycles. The second kappa shape index (κ2) is 8.39. The van der Waals surface area contributed by atoms with Crippen molar-refractivity contribution in [2.24, 2.45) is 0 Å². The molecule has 0 fully saturated rings.